The highest BCUT2D eigenvalue weighted by Gasteiger charge is 2.44. The average Bonchev–Trinajstić information content (AvgIpc) is 2.99. The van der Waals surface area contributed by atoms with E-state index in [1.807, 2.05) is 6.92 Å². The molecule has 1 aliphatic carbocycles. The van der Waals surface area contributed by atoms with E-state index in [0.717, 1.165) is 19.3 Å². The lowest BCUT2D eigenvalue weighted by atomic mass is 9.95. The number of carboxylic acid groups (broad SMARTS) is 1. The number of hydrogen-bond acceptors (Lipinski definition) is 3. The molecule has 0 aromatic carbocycles. The molecule has 2 unspecified atom stereocenters. The quantitative estimate of drug-likeness (QED) is 0.617. The van der Waals surface area contributed by atoms with Crippen LogP contribution in [0.25, 0.3) is 0 Å². The molecule has 4 N–H and O–H groups in total. The predicted molar refractivity (Wildman–Crippen MR) is 64.4 cm³/mol. The molecule has 2 atom stereocenters. The van der Waals surface area contributed by atoms with Crippen molar-refractivity contribution in [1.29, 1.82) is 0 Å². The lowest BCUT2D eigenvalue weighted by molar-refractivity contribution is -0.138. The number of aliphatic carboxylic acids is 1. The van der Waals surface area contributed by atoms with Crippen molar-refractivity contribution in [2.45, 2.75) is 57.5 Å². The summed E-state index contributed by atoms with van der Waals surface area (Å²) in [7, 11) is 0. The van der Waals surface area contributed by atoms with Crippen LogP contribution >= 0.6 is 0 Å². The van der Waals surface area contributed by atoms with Crippen LogP contribution in [0.2, 0.25) is 0 Å². The highest BCUT2D eigenvalue weighted by molar-refractivity contribution is 5.87. The van der Waals surface area contributed by atoms with E-state index in [1.165, 1.54) is 0 Å². The Kier molecular flexibility index (Phi) is 4.51. The first-order valence-corrected chi connectivity index (χ1v) is 6.19. The summed E-state index contributed by atoms with van der Waals surface area (Å²) < 4.78 is 0. The van der Waals surface area contributed by atoms with Crippen molar-refractivity contribution in [2.75, 3.05) is 0 Å². The molecule has 5 nitrogen and oxygen atoms in total. The van der Waals surface area contributed by atoms with Crippen LogP contribution in [0.1, 0.15) is 46.0 Å². The first-order chi connectivity index (χ1) is 7.87. The summed E-state index contributed by atoms with van der Waals surface area (Å²) in [5, 5.41) is 11.5. The van der Waals surface area contributed by atoms with Crippen LogP contribution in [-0.2, 0) is 9.59 Å². The van der Waals surface area contributed by atoms with Gasteiger partial charge in [0.1, 0.15) is 0 Å². The molecule has 0 aromatic heterocycles. The van der Waals surface area contributed by atoms with E-state index in [-0.39, 0.29) is 24.3 Å². The molecule has 1 saturated carbocycles. The number of hydrogen-bond donors (Lipinski definition) is 3. The zero-order valence-corrected chi connectivity index (χ0v) is 10.5. The van der Waals surface area contributed by atoms with Crippen LogP contribution in [0.4, 0.5) is 0 Å². The number of amides is 1. The molecule has 1 rings (SSSR count). The monoisotopic (exact) mass is 242 g/mol. The topological polar surface area (TPSA) is 92.4 Å². The number of carboxylic acids is 1. The molecule has 5 heteroatoms. The van der Waals surface area contributed by atoms with E-state index in [0.29, 0.717) is 6.42 Å². The van der Waals surface area contributed by atoms with Gasteiger partial charge in [0.25, 0.3) is 0 Å². The van der Waals surface area contributed by atoms with Crippen molar-refractivity contribution >= 4 is 11.9 Å². The molecule has 1 amide bonds. The van der Waals surface area contributed by atoms with Gasteiger partial charge in [-0.15, -0.1) is 0 Å². The minimum Gasteiger partial charge on any atom is -0.481 e. The van der Waals surface area contributed by atoms with Crippen molar-refractivity contribution in [1.82, 2.24) is 5.32 Å². The standard InChI is InChI=1S/C12H22N2O3/c1-3-4-9(7-10(15)16)14-11(17)12(2,13)8-5-6-8/h8-9H,3-7,13H2,1-2H3,(H,14,17)(H,15,16). The van der Waals surface area contributed by atoms with E-state index in [1.54, 1.807) is 6.92 Å². The summed E-state index contributed by atoms with van der Waals surface area (Å²) in [5.41, 5.74) is 5.12. The molecule has 0 saturated heterocycles. The van der Waals surface area contributed by atoms with Gasteiger partial charge in [-0.3, -0.25) is 9.59 Å². The molecule has 0 spiro atoms. The molecule has 0 bridgehead atoms. The van der Waals surface area contributed by atoms with Crippen LogP contribution in [0, 0.1) is 5.92 Å². The molecule has 0 heterocycles. The van der Waals surface area contributed by atoms with E-state index in [2.05, 4.69) is 5.32 Å². The Bertz CT molecular complexity index is 298. The molecule has 17 heavy (non-hydrogen) atoms. The molecular formula is C12H22N2O3. The number of carbonyl (C=O) groups is 2. The van der Waals surface area contributed by atoms with Crippen LogP contribution in [0.5, 0.6) is 0 Å². The van der Waals surface area contributed by atoms with Gasteiger partial charge < -0.3 is 16.2 Å². The van der Waals surface area contributed by atoms with Crippen molar-refractivity contribution in [3.05, 3.63) is 0 Å². The summed E-state index contributed by atoms with van der Waals surface area (Å²) in [4.78, 5) is 22.7. The summed E-state index contributed by atoms with van der Waals surface area (Å²) in [5.74, 6) is -0.872. The fourth-order valence-corrected chi connectivity index (χ4v) is 1.99. The minimum absolute atomic E-state index is 0.0413. The van der Waals surface area contributed by atoms with Gasteiger partial charge in [-0.05, 0) is 32.1 Å². The third kappa shape index (κ3) is 4.00. The van der Waals surface area contributed by atoms with Gasteiger partial charge in [-0.25, -0.2) is 0 Å². The second-order valence-corrected chi connectivity index (χ2v) is 5.11. The fourth-order valence-electron chi connectivity index (χ4n) is 1.99. The summed E-state index contributed by atoms with van der Waals surface area (Å²) in [6.45, 7) is 3.69. The second kappa shape index (κ2) is 5.49. The van der Waals surface area contributed by atoms with Gasteiger partial charge in [-0.1, -0.05) is 13.3 Å². The van der Waals surface area contributed by atoms with Crippen molar-refractivity contribution in [3.8, 4) is 0 Å². The Morgan fingerprint density at radius 3 is 2.53 bits per heavy atom. The number of nitrogens with one attached hydrogen (secondary N) is 1. The first kappa shape index (κ1) is 14.0. The molecule has 98 valence electrons. The van der Waals surface area contributed by atoms with E-state index in [4.69, 9.17) is 10.8 Å². The maximum Gasteiger partial charge on any atom is 0.305 e. The summed E-state index contributed by atoms with van der Waals surface area (Å²) in [6.07, 6.45) is 3.43. The Morgan fingerprint density at radius 1 is 1.53 bits per heavy atom. The zero-order chi connectivity index (χ0) is 13.1. The largest absolute Gasteiger partial charge is 0.481 e. The molecule has 1 aliphatic rings. The van der Waals surface area contributed by atoms with Crippen LogP contribution < -0.4 is 11.1 Å². The number of nitrogens with two attached hydrogens (primary N) is 1. The highest BCUT2D eigenvalue weighted by Crippen LogP contribution is 2.38. The number of carbonyl (C=O) groups excluding carboxylic acids is 1. The van der Waals surface area contributed by atoms with Crippen molar-refractivity contribution in [2.24, 2.45) is 11.7 Å². The fraction of sp³-hybridized carbons (Fsp3) is 0.833. The van der Waals surface area contributed by atoms with Gasteiger partial charge in [0.05, 0.1) is 12.0 Å². The highest BCUT2D eigenvalue weighted by atomic mass is 16.4. The Hall–Kier alpha value is -1.10. The van der Waals surface area contributed by atoms with Crippen molar-refractivity contribution in [3.63, 3.8) is 0 Å². The lowest BCUT2D eigenvalue weighted by Gasteiger charge is -2.26. The van der Waals surface area contributed by atoms with Crippen LogP contribution in [0.15, 0.2) is 0 Å². The molecule has 1 fully saturated rings. The van der Waals surface area contributed by atoms with Gasteiger partial charge >= 0.3 is 5.97 Å². The Balaban J connectivity index is 2.53. The predicted octanol–water partition coefficient (Wildman–Crippen LogP) is 0.873. The smallest absolute Gasteiger partial charge is 0.305 e. The minimum atomic E-state index is -0.895. The van der Waals surface area contributed by atoms with Crippen LogP contribution in [0.3, 0.4) is 0 Å². The Morgan fingerprint density at radius 2 is 2.12 bits per heavy atom. The van der Waals surface area contributed by atoms with E-state index in [9.17, 15) is 9.59 Å². The van der Waals surface area contributed by atoms with Gasteiger partial charge in [0, 0.05) is 6.04 Å². The third-order valence-corrected chi connectivity index (χ3v) is 3.31. The lowest BCUT2D eigenvalue weighted by Crippen LogP contribution is -2.55. The SMILES string of the molecule is CCCC(CC(=O)O)NC(=O)C(C)(N)C1CC1. The maximum atomic E-state index is 12.0. The zero-order valence-electron chi connectivity index (χ0n) is 10.5. The summed E-state index contributed by atoms with van der Waals surface area (Å²) >= 11 is 0. The Labute approximate surface area is 102 Å². The van der Waals surface area contributed by atoms with E-state index >= 15 is 0 Å². The number of rotatable bonds is 7. The van der Waals surface area contributed by atoms with Crippen LogP contribution in [-0.4, -0.2) is 28.6 Å². The molecular weight excluding hydrogens is 220 g/mol. The third-order valence-electron chi connectivity index (χ3n) is 3.31. The van der Waals surface area contributed by atoms with Gasteiger partial charge in [0.15, 0.2) is 0 Å². The first-order valence-electron chi connectivity index (χ1n) is 6.19. The summed E-state index contributed by atoms with van der Waals surface area (Å²) in [6, 6.07) is -0.313. The van der Waals surface area contributed by atoms with Crippen molar-refractivity contribution < 1.29 is 14.7 Å². The normalized spacial score (nSPS) is 20.4. The second-order valence-electron chi connectivity index (χ2n) is 5.11. The van der Waals surface area contributed by atoms with Gasteiger partial charge in [0.2, 0.25) is 5.91 Å². The maximum absolute atomic E-state index is 12.0. The molecule has 0 aromatic rings. The molecule has 0 aliphatic heterocycles. The average molecular weight is 242 g/mol. The van der Waals surface area contributed by atoms with E-state index < -0.39 is 11.5 Å². The van der Waals surface area contributed by atoms with Gasteiger partial charge in [-0.2, -0.15) is 0 Å². The molecule has 0 radical (unpaired) electrons.